The quantitative estimate of drug-likeness (QED) is 0.751. The Kier molecular flexibility index (Phi) is 6.38. The van der Waals surface area contributed by atoms with E-state index in [0.717, 1.165) is 51.3 Å². The second-order valence-electron chi connectivity index (χ2n) is 7.29. The van der Waals surface area contributed by atoms with Crippen LogP contribution in [0.1, 0.15) is 12.8 Å². The first-order chi connectivity index (χ1) is 12.9. The first-order valence-electron chi connectivity index (χ1n) is 9.38. The van der Waals surface area contributed by atoms with Gasteiger partial charge >= 0.3 is 0 Å². The largest absolute Gasteiger partial charge is 0.356 e. The summed E-state index contributed by atoms with van der Waals surface area (Å²) >= 11 is 0. The van der Waals surface area contributed by atoms with E-state index in [0.29, 0.717) is 6.54 Å². The van der Waals surface area contributed by atoms with Crippen molar-refractivity contribution in [2.45, 2.75) is 12.8 Å². The van der Waals surface area contributed by atoms with Gasteiger partial charge in [0.25, 0.3) is 0 Å². The van der Waals surface area contributed by atoms with E-state index in [1.807, 2.05) is 0 Å². The molecule has 1 aromatic rings. The molecular weight excluding hydrogens is 354 g/mol. The van der Waals surface area contributed by atoms with Gasteiger partial charge in [-0.25, -0.2) is 8.78 Å². The maximum Gasteiger partial charge on any atom is 0.227 e. The average molecular weight is 380 g/mol. The molecule has 148 valence electrons. The summed E-state index contributed by atoms with van der Waals surface area (Å²) in [5.74, 6) is -2.51. The van der Waals surface area contributed by atoms with Crippen LogP contribution in [-0.4, -0.2) is 74.5 Å². The minimum atomic E-state index is -0.795. The molecule has 2 heterocycles. The van der Waals surface area contributed by atoms with E-state index >= 15 is 0 Å². The predicted molar refractivity (Wildman–Crippen MR) is 98.4 cm³/mol. The van der Waals surface area contributed by atoms with Gasteiger partial charge in [-0.15, -0.1) is 0 Å². The van der Waals surface area contributed by atoms with Crippen LogP contribution in [0.5, 0.6) is 0 Å². The second-order valence-corrected chi connectivity index (χ2v) is 7.29. The number of rotatable bonds is 6. The SMILES string of the molecule is CN1CCN(CCCNC(=O)C2CC(=O)N(c3ccc(F)cc3F)C2)CC1. The Morgan fingerprint density at radius 1 is 1.22 bits per heavy atom. The molecule has 2 aliphatic rings. The number of hydrogen-bond acceptors (Lipinski definition) is 4. The van der Waals surface area contributed by atoms with E-state index < -0.39 is 17.6 Å². The molecule has 0 radical (unpaired) electrons. The van der Waals surface area contributed by atoms with Gasteiger partial charge in [-0.3, -0.25) is 9.59 Å². The lowest BCUT2D eigenvalue weighted by Gasteiger charge is -2.32. The van der Waals surface area contributed by atoms with Gasteiger partial charge < -0.3 is 20.0 Å². The topological polar surface area (TPSA) is 55.9 Å². The molecule has 2 fully saturated rings. The molecule has 6 nitrogen and oxygen atoms in total. The molecule has 1 aromatic carbocycles. The van der Waals surface area contributed by atoms with Crippen molar-refractivity contribution in [1.29, 1.82) is 0 Å². The summed E-state index contributed by atoms with van der Waals surface area (Å²) in [4.78, 5) is 30.4. The maximum atomic E-state index is 13.9. The third kappa shape index (κ3) is 5.01. The number of piperazine rings is 1. The van der Waals surface area contributed by atoms with E-state index in [4.69, 9.17) is 0 Å². The fourth-order valence-corrected chi connectivity index (χ4v) is 3.55. The van der Waals surface area contributed by atoms with Crippen molar-refractivity contribution in [3.05, 3.63) is 29.8 Å². The smallest absolute Gasteiger partial charge is 0.227 e. The number of carbonyl (C=O) groups is 2. The summed E-state index contributed by atoms with van der Waals surface area (Å²) < 4.78 is 27.0. The summed E-state index contributed by atoms with van der Waals surface area (Å²) in [5.41, 5.74) is 0.0202. The van der Waals surface area contributed by atoms with Gasteiger partial charge in [-0.05, 0) is 32.1 Å². The molecule has 2 amide bonds. The number of amides is 2. The molecule has 1 atom stereocenters. The molecule has 2 aliphatic heterocycles. The van der Waals surface area contributed by atoms with Crippen molar-refractivity contribution in [3.8, 4) is 0 Å². The maximum absolute atomic E-state index is 13.9. The third-order valence-electron chi connectivity index (χ3n) is 5.24. The van der Waals surface area contributed by atoms with Crippen molar-refractivity contribution in [3.63, 3.8) is 0 Å². The Morgan fingerprint density at radius 3 is 2.67 bits per heavy atom. The van der Waals surface area contributed by atoms with Crippen LogP contribution >= 0.6 is 0 Å². The Morgan fingerprint density at radius 2 is 1.96 bits per heavy atom. The fraction of sp³-hybridized carbons (Fsp3) is 0.579. The minimum absolute atomic E-state index is 0.0202. The number of anilines is 1. The van der Waals surface area contributed by atoms with Crippen LogP contribution in [-0.2, 0) is 9.59 Å². The highest BCUT2D eigenvalue weighted by molar-refractivity contribution is 6.00. The lowest BCUT2D eigenvalue weighted by molar-refractivity contribution is -0.126. The van der Waals surface area contributed by atoms with Crippen molar-refractivity contribution >= 4 is 17.5 Å². The number of likely N-dealkylation sites (N-methyl/N-ethyl adjacent to an activating group) is 1. The van der Waals surface area contributed by atoms with Gasteiger partial charge in [0, 0.05) is 51.8 Å². The highest BCUT2D eigenvalue weighted by Gasteiger charge is 2.36. The lowest BCUT2D eigenvalue weighted by atomic mass is 10.1. The van der Waals surface area contributed by atoms with Gasteiger partial charge in [0.2, 0.25) is 11.8 Å². The summed E-state index contributed by atoms with van der Waals surface area (Å²) in [5, 5.41) is 2.88. The molecular formula is C19H26F2N4O2. The number of hydrogen-bond donors (Lipinski definition) is 1. The van der Waals surface area contributed by atoms with Gasteiger partial charge in [-0.2, -0.15) is 0 Å². The average Bonchev–Trinajstić information content (AvgIpc) is 3.02. The van der Waals surface area contributed by atoms with Crippen LogP contribution in [0.4, 0.5) is 14.5 Å². The van der Waals surface area contributed by atoms with Gasteiger partial charge in [0.1, 0.15) is 11.6 Å². The molecule has 0 aliphatic carbocycles. The van der Waals surface area contributed by atoms with E-state index in [1.54, 1.807) is 0 Å². The fourth-order valence-electron chi connectivity index (χ4n) is 3.55. The number of nitrogens with zero attached hydrogens (tertiary/aromatic N) is 3. The first-order valence-corrected chi connectivity index (χ1v) is 9.38. The molecule has 8 heteroatoms. The molecule has 2 saturated heterocycles. The number of benzene rings is 1. The molecule has 3 rings (SSSR count). The van der Waals surface area contributed by atoms with E-state index in [9.17, 15) is 18.4 Å². The van der Waals surface area contributed by atoms with E-state index in [2.05, 4.69) is 22.2 Å². The highest BCUT2D eigenvalue weighted by Crippen LogP contribution is 2.27. The van der Waals surface area contributed by atoms with Crippen LogP contribution < -0.4 is 10.2 Å². The Balaban J connectivity index is 1.43. The van der Waals surface area contributed by atoms with Crippen LogP contribution in [0.3, 0.4) is 0 Å². The summed E-state index contributed by atoms with van der Waals surface area (Å²) in [6.45, 7) is 5.81. The predicted octanol–water partition coefficient (Wildman–Crippen LogP) is 1.07. The minimum Gasteiger partial charge on any atom is -0.356 e. The third-order valence-corrected chi connectivity index (χ3v) is 5.24. The normalized spacial score (nSPS) is 21.7. The van der Waals surface area contributed by atoms with Crippen molar-refractivity contribution in [2.75, 3.05) is 57.8 Å². The Labute approximate surface area is 158 Å². The number of nitrogens with one attached hydrogen (secondary N) is 1. The van der Waals surface area contributed by atoms with E-state index in [-0.39, 0.29) is 30.5 Å². The molecule has 1 unspecified atom stereocenters. The number of halogens is 2. The second kappa shape index (κ2) is 8.75. The Hall–Kier alpha value is -2.06. The standard InChI is InChI=1S/C19H26F2N4O2/c1-23-7-9-24(10-8-23)6-2-5-22-19(27)14-11-18(26)25(13-14)17-4-3-15(20)12-16(17)21/h3-4,12,14H,2,5-11,13H2,1H3,(H,22,27). The monoisotopic (exact) mass is 380 g/mol. The molecule has 0 saturated carbocycles. The molecule has 1 N–H and O–H groups in total. The van der Waals surface area contributed by atoms with Crippen LogP contribution in [0.25, 0.3) is 0 Å². The van der Waals surface area contributed by atoms with E-state index in [1.165, 1.54) is 11.0 Å². The molecule has 0 aromatic heterocycles. The van der Waals surface area contributed by atoms with Gasteiger partial charge in [0.15, 0.2) is 0 Å². The highest BCUT2D eigenvalue weighted by atomic mass is 19.1. The molecule has 27 heavy (non-hydrogen) atoms. The van der Waals surface area contributed by atoms with Crippen molar-refractivity contribution in [1.82, 2.24) is 15.1 Å². The lowest BCUT2D eigenvalue weighted by Crippen LogP contribution is -2.45. The zero-order valence-electron chi connectivity index (χ0n) is 15.6. The zero-order valence-corrected chi connectivity index (χ0v) is 15.6. The summed E-state index contributed by atoms with van der Waals surface area (Å²) in [6, 6.07) is 3.09. The van der Waals surface area contributed by atoms with Crippen LogP contribution in [0.2, 0.25) is 0 Å². The summed E-state index contributed by atoms with van der Waals surface area (Å²) in [7, 11) is 2.11. The van der Waals surface area contributed by atoms with Crippen LogP contribution in [0, 0.1) is 17.6 Å². The Bertz CT molecular complexity index is 692. The summed E-state index contributed by atoms with van der Waals surface area (Å²) in [6.07, 6.45) is 0.896. The van der Waals surface area contributed by atoms with Crippen molar-refractivity contribution in [2.24, 2.45) is 5.92 Å². The first kappa shape index (κ1) is 19.7. The van der Waals surface area contributed by atoms with Crippen LogP contribution in [0.15, 0.2) is 18.2 Å². The molecule has 0 spiro atoms. The van der Waals surface area contributed by atoms with Gasteiger partial charge in [0.05, 0.1) is 11.6 Å². The zero-order chi connectivity index (χ0) is 19.4. The molecule has 0 bridgehead atoms. The van der Waals surface area contributed by atoms with Gasteiger partial charge in [-0.1, -0.05) is 0 Å². The number of carbonyl (C=O) groups excluding carboxylic acids is 2. The van der Waals surface area contributed by atoms with Crippen molar-refractivity contribution < 1.29 is 18.4 Å².